The summed E-state index contributed by atoms with van der Waals surface area (Å²) in [4.78, 5) is 10.2. The molecule has 0 saturated carbocycles. The molecule has 2 rings (SSSR count). The van der Waals surface area contributed by atoms with E-state index in [-0.39, 0.29) is 16.3 Å². The Morgan fingerprint density at radius 3 is 2.40 bits per heavy atom. The third kappa shape index (κ3) is 3.01. The quantitative estimate of drug-likeness (QED) is 0.876. The van der Waals surface area contributed by atoms with Gasteiger partial charge in [0.2, 0.25) is 10.0 Å². The zero-order valence-corrected chi connectivity index (χ0v) is 11.4. The van der Waals surface area contributed by atoms with Gasteiger partial charge in [-0.1, -0.05) is 18.2 Å². The zero-order chi connectivity index (χ0) is 14.8. The fraction of sp³-hybridized carbons (Fsp3) is 0.0769. The van der Waals surface area contributed by atoms with Crippen LogP contribution in [-0.4, -0.2) is 8.42 Å². The average Bonchev–Trinajstić information content (AvgIpc) is 2.40. The van der Waals surface area contributed by atoms with Crippen molar-refractivity contribution in [1.29, 1.82) is 0 Å². The second-order valence-electron chi connectivity index (χ2n) is 4.13. The van der Waals surface area contributed by atoms with E-state index in [0.29, 0.717) is 5.75 Å². The van der Waals surface area contributed by atoms with E-state index in [1.54, 1.807) is 12.1 Å². The van der Waals surface area contributed by atoms with Gasteiger partial charge in [0, 0.05) is 0 Å². The molecule has 2 aromatic rings. The van der Waals surface area contributed by atoms with Gasteiger partial charge < -0.3 is 4.74 Å². The Bertz CT molecular complexity index is 757. The highest BCUT2D eigenvalue weighted by Gasteiger charge is 2.17. The number of primary sulfonamides is 1. The van der Waals surface area contributed by atoms with Crippen LogP contribution in [0.3, 0.4) is 0 Å². The second kappa shape index (κ2) is 5.40. The molecular weight excluding hydrogens is 280 g/mol. The van der Waals surface area contributed by atoms with Gasteiger partial charge in [-0.3, -0.25) is 0 Å². The van der Waals surface area contributed by atoms with Crippen molar-refractivity contribution < 1.29 is 13.2 Å². The lowest BCUT2D eigenvalue weighted by atomic mass is 10.2. The number of benzene rings is 2. The Labute approximate surface area is 116 Å². The minimum absolute atomic E-state index is 0.0360. The lowest BCUT2D eigenvalue weighted by molar-refractivity contribution is 0.464. The number of hydrogen-bond acceptors (Lipinski definition) is 5. The predicted octanol–water partition coefficient (Wildman–Crippen LogP) is 2.83. The van der Waals surface area contributed by atoms with Crippen LogP contribution in [0, 0.1) is 11.8 Å². The normalized spacial score (nSPS) is 11.1. The molecule has 0 radical (unpaired) electrons. The Hall–Kier alpha value is -2.25. The molecule has 104 valence electrons. The highest BCUT2D eigenvalue weighted by Crippen LogP contribution is 2.32. The van der Waals surface area contributed by atoms with Gasteiger partial charge in [-0.05, 0) is 41.9 Å². The number of aryl methyl sites for hydroxylation is 1. The second-order valence-corrected chi connectivity index (χ2v) is 5.66. The highest BCUT2D eigenvalue weighted by atomic mass is 32.2. The molecule has 0 saturated heterocycles. The molecule has 0 aliphatic heterocycles. The minimum atomic E-state index is -4.02. The van der Waals surface area contributed by atoms with Crippen LogP contribution in [0.25, 0.3) is 0 Å². The number of sulfonamides is 1. The fourth-order valence-corrected chi connectivity index (χ4v) is 2.32. The Morgan fingerprint density at radius 1 is 1.10 bits per heavy atom. The first-order valence-electron chi connectivity index (χ1n) is 5.65. The van der Waals surface area contributed by atoms with Gasteiger partial charge in [-0.25, -0.2) is 13.6 Å². The standard InChI is InChI=1S/C13H12N2O4S/c1-9-4-2-3-5-11(9)19-12-7-6-10(15-16)8-13(12)20(14,17)18/h2-8H,1H3,(H2,14,17,18). The van der Waals surface area contributed by atoms with Gasteiger partial charge in [0.05, 0.1) is 0 Å². The molecule has 0 aliphatic carbocycles. The Balaban J connectivity index is 2.52. The third-order valence-corrected chi connectivity index (χ3v) is 3.58. The van der Waals surface area contributed by atoms with Crippen LogP contribution in [0.1, 0.15) is 5.56 Å². The van der Waals surface area contributed by atoms with Crippen LogP contribution < -0.4 is 9.88 Å². The molecule has 0 aliphatic rings. The van der Waals surface area contributed by atoms with Crippen LogP contribution in [0.2, 0.25) is 0 Å². The molecule has 0 unspecified atom stereocenters. The fourth-order valence-electron chi connectivity index (χ4n) is 1.65. The number of para-hydroxylation sites is 1. The van der Waals surface area contributed by atoms with E-state index < -0.39 is 10.0 Å². The van der Waals surface area contributed by atoms with Crippen LogP contribution in [0.5, 0.6) is 11.5 Å². The van der Waals surface area contributed by atoms with Crippen molar-refractivity contribution in [2.45, 2.75) is 11.8 Å². The van der Waals surface area contributed by atoms with E-state index in [0.717, 1.165) is 11.6 Å². The lowest BCUT2D eigenvalue weighted by Gasteiger charge is -2.11. The minimum Gasteiger partial charge on any atom is -0.456 e. The molecule has 6 nitrogen and oxygen atoms in total. The molecule has 2 N–H and O–H groups in total. The molecular formula is C13H12N2O4S. The van der Waals surface area contributed by atoms with Crippen molar-refractivity contribution >= 4 is 15.7 Å². The largest absolute Gasteiger partial charge is 0.456 e. The van der Waals surface area contributed by atoms with Gasteiger partial charge in [0.25, 0.3) is 0 Å². The van der Waals surface area contributed by atoms with E-state index in [4.69, 9.17) is 9.88 Å². The maximum Gasteiger partial charge on any atom is 0.241 e. The topological polar surface area (TPSA) is 98.8 Å². The summed E-state index contributed by atoms with van der Waals surface area (Å²) in [6, 6.07) is 10.9. The molecule has 0 heterocycles. The van der Waals surface area contributed by atoms with Crippen LogP contribution in [0.15, 0.2) is 52.5 Å². The van der Waals surface area contributed by atoms with Gasteiger partial charge in [-0.2, -0.15) is 0 Å². The van der Waals surface area contributed by atoms with E-state index in [2.05, 4.69) is 5.18 Å². The molecule has 0 aromatic heterocycles. The first-order valence-corrected chi connectivity index (χ1v) is 7.20. The summed E-state index contributed by atoms with van der Waals surface area (Å²) in [6.45, 7) is 1.83. The average molecular weight is 292 g/mol. The summed E-state index contributed by atoms with van der Waals surface area (Å²) in [5.74, 6) is 0.554. The first kappa shape index (κ1) is 14.2. The number of hydrogen-bond donors (Lipinski definition) is 1. The van der Waals surface area contributed by atoms with Crippen LogP contribution in [0.4, 0.5) is 5.69 Å². The summed E-state index contributed by atoms with van der Waals surface area (Å²) < 4.78 is 28.7. The Morgan fingerprint density at radius 2 is 1.80 bits per heavy atom. The SMILES string of the molecule is Cc1ccccc1Oc1ccc(N=O)cc1S(N)(=O)=O. The third-order valence-electron chi connectivity index (χ3n) is 2.65. The number of nitrogens with zero attached hydrogens (tertiary/aromatic N) is 1. The van der Waals surface area contributed by atoms with Crippen LogP contribution >= 0.6 is 0 Å². The maximum atomic E-state index is 11.6. The lowest BCUT2D eigenvalue weighted by Crippen LogP contribution is -2.13. The monoisotopic (exact) mass is 292 g/mol. The number of nitroso groups, excluding NO2 is 1. The van der Waals surface area contributed by atoms with Gasteiger partial charge >= 0.3 is 0 Å². The van der Waals surface area contributed by atoms with Gasteiger partial charge in [-0.15, -0.1) is 4.91 Å². The maximum absolute atomic E-state index is 11.6. The van der Waals surface area contributed by atoms with Gasteiger partial charge in [0.15, 0.2) is 0 Å². The molecule has 0 atom stereocenters. The number of nitrogens with two attached hydrogens (primary N) is 1. The molecule has 0 spiro atoms. The molecule has 20 heavy (non-hydrogen) atoms. The van der Waals surface area contributed by atoms with Crippen molar-refractivity contribution in [3.63, 3.8) is 0 Å². The zero-order valence-electron chi connectivity index (χ0n) is 10.6. The van der Waals surface area contributed by atoms with Crippen molar-refractivity contribution in [2.75, 3.05) is 0 Å². The van der Waals surface area contributed by atoms with Crippen molar-refractivity contribution in [1.82, 2.24) is 0 Å². The molecule has 0 fully saturated rings. The summed E-state index contributed by atoms with van der Waals surface area (Å²) in [5, 5.41) is 7.81. The summed E-state index contributed by atoms with van der Waals surface area (Å²) in [5.41, 5.74) is 0.802. The predicted molar refractivity (Wildman–Crippen MR) is 74.5 cm³/mol. The van der Waals surface area contributed by atoms with Crippen molar-refractivity contribution in [2.24, 2.45) is 10.3 Å². The van der Waals surface area contributed by atoms with E-state index in [1.165, 1.54) is 12.1 Å². The summed E-state index contributed by atoms with van der Waals surface area (Å²) >= 11 is 0. The van der Waals surface area contributed by atoms with Crippen LogP contribution in [-0.2, 0) is 10.0 Å². The first-order chi connectivity index (χ1) is 9.41. The van der Waals surface area contributed by atoms with Gasteiger partial charge in [0.1, 0.15) is 22.1 Å². The molecule has 0 bridgehead atoms. The molecule has 0 amide bonds. The smallest absolute Gasteiger partial charge is 0.241 e. The summed E-state index contributed by atoms with van der Waals surface area (Å²) in [6.07, 6.45) is 0. The van der Waals surface area contributed by atoms with Crippen molar-refractivity contribution in [3.05, 3.63) is 52.9 Å². The number of rotatable bonds is 4. The Kier molecular flexibility index (Phi) is 3.82. The summed E-state index contributed by atoms with van der Waals surface area (Å²) in [7, 11) is -4.02. The number of ether oxygens (including phenoxy) is 1. The van der Waals surface area contributed by atoms with E-state index in [9.17, 15) is 13.3 Å². The van der Waals surface area contributed by atoms with E-state index >= 15 is 0 Å². The molecule has 7 heteroatoms. The van der Waals surface area contributed by atoms with E-state index in [1.807, 2.05) is 19.1 Å². The van der Waals surface area contributed by atoms with Crippen molar-refractivity contribution in [3.8, 4) is 11.5 Å². The molecule has 2 aromatic carbocycles. The highest BCUT2D eigenvalue weighted by molar-refractivity contribution is 7.89.